The van der Waals surface area contributed by atoms with Gasteiger partial charge in [-0.1, -0.05) is 42.8 Å². The second kappa shape index (κ2) is 16.9. The maximum atomic E-state index is 13.4. The zero-order valence-corrected chi connectivity index (χ0v) is 29.5. The number of fused-ring (bicyclic) bond motifs is 2. The Bertz CT molecular complexity index is 1320. The van der Waals surface area contributed by atoms with Gasteiger partial charge in [0.1, 0.15) is 29.7 Å². The molecule has 0 radical (unpaired) electrons. The smallest absolute Gasteiger partial charge is 0.409 e. The fourth-order valence-corrected chi connectivity index (χ4v) is 7.52. The van der Waals surface area contributed by atoms with E-state index in [1.165, 1.54) is 0 Å². The molecule has 266 valence electrons. The Balaban J connectivity index is 2.03. The van der Waals surface area contributed by atoms with E-state index < -0.39 is 23.5 Å². The van der Waals surface area contributed by atoms with Gasteiger partial charge < -0.3 is 38.9 Å². The maximum absolute atomic E-state index is 13.4. The first-order valence-electron chi connectivity index (χ1n) is 17.4. The van der Waals surface area contributed by atoms with Crippen molar-refractivity contribution in [2.45, 2.75) is 96.0 Å². The van der Waals surface area contributed by atoms with Crippen LogP contribution in [0.3, 0.4) is 0 Å². The van der Waals surface area contributed by atoms with Crippen LogP contribution in [0.1, 0.15) is 84.1 Å². The van der Waals surface area contributed by atoms with E-state index in [-0.39, 0.29) is 50.1 Å². The Morgan fingerprint density at radius 3 is 2.46 bits per heavy atom. The molecule has 0 unspecified atom stereocenters. The molecular weight excluding hydrogens is 612 g/mol. The van der Waals surface area contributed by atoms with Crippen molar-refractivity contribution in [1.29, 1.82) is 0 Å². The van der Waals surface area contributed by atoms with E-state index in [4.69, 9.17) is 28.9 Å². The fourth-order valence-electron chi connectivity index (χ4n) is 7.52. The maximum Gasteiger partial charge on any atom is 0.409 e. The molecule has 48 heavy (non-hydrogen) atoms. The van der Waals surface area contributed by atoms with Crippen molar-refractivity contribution in [3.63, 3.8) is 0 Å². The quantitative estimate of drug-likeness (QED) is 0.106. The van der Waals surface area contributed by atoms with Gasteiger partial charge in [0.05, 0.1) is 24.8 Å². The number of nitrogens with zero attached hydrogens (tertiary/aromatic N) is 2. The molecule has 0 spiro atoms. The second-order valence-corrected chi connectivity index (χ2v) is 13.9. The van der Waals surface area contributed by atoms with Gasteiger partial charge in [-0.3, -0.25) is 0 Å². The van der Waals surface area contributed by atoms with Gasteiger partial charge >= 0.3 is 6.09 Å². The standard InChI is InChI=1S/C38H56N2O8/c1-8-21-45-27-17-18-32-30(24-27)34-28(16-12-14-20-42)26(15-11-13-19-41)23-29-31(39-48-37(4,5)6)25-33(40(7)36(43)44-10-3)38(47-32,35(29)34)46-22-9-2/h8-9,17-18,23-24,26,28,33-35,41-42H,1-2,10-16,19-22,25H2,3-7H3/t26-,28+,33-,34+,35+,38+/m0/s1. The highest BCUT2D eigenvalue weighted by molar-refractivity contribution is 6.02. The molecule has 0 saturated heterocycles. The van der Waals surface area contributed by atoms with Crippen LogP contribution < -0.4 is 9.47 Å². The highest BCUT2D eigenvalue weighted by Gasteiger charge is 2.65. The predicted molar refractivity (Wildman–Crippen MR) is 186 cm³/mol. The predicted octanol–water partition coefficient (Wildman–Crippen LogP) is 6.77. The third kappa shape index (κ3) is 8.26. The number of allylic oxidation sites excluding steroid dienone is 1. The molecule has 10 heteroatoms. The third-order valence-electron chi connectivity index (χ3n) is 9.47. The number of carbonyl (C=O) groups excluding carboxylic acids is 1. The Morgan fingerprint density at radius 1 is 1.10 bits per heavy atom. The number of aliphatic hydroxyl groups is 2. The molecule has 1 fully saturated rings. The summed E-state index contributed by atoms with van der Waals surface area (Å²) in [4.78, 5) is 21.1. The number of unbranched alkanes of at least 4 members (excludes halogenated alkanes) is 2. The van der Waals surface area contributed by atoms with Gasteiger partial charge in [0.25, 0.3) is 0 Å². The van der Waals surface area contributed by atoms with Crippen molar-refractivity contribution in [2.24, 2.45) is 22.9 Å². The lowest BCUT2D eigenvalue weighted by molar-refractivity contribution is -0.253. The van der Waals surface area contributed by atoms with Crippen LogP contribution in [-0.2, 0) is 14.3 Å². The number of hydrogen-bond donors (Lipinski definition) is 2. The van der Waals surface area contributed by atoms with E-state index in [0.717, 1.165) is 42.5 Å². The molecule has 3 aliphatic rings. The average Bonchev–Trinajstić information content (AvgIpc) is 3.06. The molecule has 2 aliphatic carbocycles. The molecule has 2 N–H and O–H groups in total. The molecule has 1 aromatic rings. The normalized spacial score (nSPS) is 26.8. The van der Waals surface area contributed by atoms with E-state index in [1.807, 2.05) is 32.9 Å². The van der Waals surface area contributed by atoms with Gasteiger partial charge in [-0.2, -0.15) is 0 Å². The minimum atomic E-state index is -1.31. The molecule has 10 nitrogen and oxygen atoms in total. The van der Waals surface area contributed by atoms with E-state index in [0.29, 0.717) is 37.4 Å². The molecular formula is C38H56N2O8. The number of likely N-dealkylation sites (N-methyl/N-ethyl adjacent to an activating group) is 1. The molecule has 0 aromatic heterocycles. The van der Waals surface area contributed by atoms with E-state index in [2.05, 4.69) is 25.3 Å². The van der Waals surface area contributed by atoms with Crippen molar-refractivity contribution in [3.05, 3.63) is 60.7 Å². The Kier molecular flexibility index (Phi) is 13.2. The minimum Gasteiger partial charge on any atom is -0.490 e. The number of carbonyl (C=O) groups is 1. The summed E-state index contributed by atoms with van der Waals surface area (Å²) in [6.45, 7) is 16.4. The third-order valence-corrected chi connectivity index (χ3v) is 9.47. The van der Waals surface area contributed by atoms with E-state index >= 15 is 0 Å². The number of oxime groups is 1. The Hall–Kier alpha value is -3.34. The lowest BCUT2D eigenvalue weighted by atomic mass is 9.55. The van der Waals surface area contributed by atoms with Crippen LogP contribution in [0.15, 0.2) is 60.3 Å². The topological polar surface area (TPSA) is 119 Å². The summed E-state index contributed by atoms with van der Waals surface area (Å²) in [5.74, 6) is -0.167. The average molecular weight is 669 g/mol. The van der Waals surface area contributed by atoms with Crippen molar-refractivity contribution >= 4 is 11.8 Å². The summed E-state index contributed by atoms with van der Waals surface area (Å²) in [6, 6.07) is 5.26. The van der Waals surface area contributed by atoms with Crippen LogP contribution in [0.4, 0.5) is 4.79 Å². The van der Waals surface area contributed by atoms with Crippen molar-refractivity contribution < 1.29 is 38.8 Å². The van der Waals surface area contributed by atoms with Gasteiger partial charge in [0, 0.05) is 38.2 Å². The van der Waals surface area contributed by atoms with Crippen LogP contribution in [0.2, 0.25) is 0 Å². The van der Waals surface area contributed by atoms with Crippen LogP contribution >= 0.6 is 0 Å². The number of ether oxygens (including phenoxy) is 4. The zero-order valence-electron chi connectivity index (χ0n) is 29.5. The summed E-state index contributed by atoms with van der Waals surface area (Å²) in [5.41, 5.74) is 2.18. The largest absolute Gasteiger partial charge is 0.490 e. The second-order valence-electron chi connectivity index (χ2n) is 13.9. The van der Waals surface area contributed by atoms with Crippen LogP contribution in [-0.4, -0.2) is 84.4 Å². The molecule has 1 aromatic carbocycles. The summed E-state index contributed by atoms with van der Waals surface area (Å²) < 4.78 is 25.5. The van der Waals surface area contributed by atoms with Gasteiger partial charge in [-0.15, -0.1) is 6.58 Å². The SMILES string of the molecule is C=CCOc1ccc2c(c1)[C@H]1[C@H](CCCCO)[C@@H](CCCCO)C=C3C(=NOC(C)(C)C)C[C@H](N(C)C(=O)OCC)[C@@](OCC=C)(O2)[C@H]31. The van der Waals surface area contributed by atoms with Crippen molar-refractivity contribution in [1.82, 2.24) is 4.90 Å². The monoisotopic (exact) mass is 668 g/mol. The number of hydrogen-bond acceptors (Lipinski definition) is 9. The molecule has 1 aliphatic heterocycles. The number of aliphatic hydroxyl groups excluding tert-OH is 2. The number of amides is 1. The molecule has 1 amide bonds. The first kappa shape index (κ1) is 37.5. The number of benzene rings is 1. The molecule has 0 bridgehead atoms. The molecule has 6 atom stereocenters. The van der Waals surface area contributed by atoms with Crippen molar-refractivity contribution in [2.75, 3.05) is 40.1 Å². The summed E-state index contributed by atoms with van der Waals surface area (Å²) in [7, 11) is 1.72. The molecule has 4 rings (SSSR count). The first-order chi connectivity index (χ1) is 23.0. The summed E-state index contributed by atoms with van der Waals surface area (Å²) in [6.07, 6.45) is 10.4. The molecule has 1 saturated carbocycles. The minimum absolute atomic E-state index is 0.121. The van der Waals surface area contributed by atoms with Crippen LogP contribution in [0.5, 0.6) is 11.5 Å². The lowest BCUT2D eigenvalue weighted by Gasteiger charge is -2.59. The fraction of sp³-hybridized carbons (Fsp3) is 0.632. The van der Waals surface area contributed by atoms with Gasteiger partial charge in [-0.25, -0.2) is 4.79 Å². The highest BCUT2D eigenvalue weighted by Crippen LogP contribution is 2.61. The van der Waals surface area contributed by atoms with Gasteiger partial charge in [0.15, 0.2) is 0 Å². The Labute approximate surface area is 286 Å². The van der Waals surface area contributed by atoms with E-state index in [9.17, 15) is 15.0 Å². The highest BCUT2D eigenvalue weighted by atomic mass is 16.7. The van der Waals surface area contributed by atoms with Crippen LogP contribution in [0, 0.1) is 17.8 Å². The van der Waals surface area contributed by atoms with Crippen LogP contribution in [0.25, 0.3) is 0 Å². The van der Waals surface area contributed by atoms with Crippen molar-refractivity contribution in [3.8, 4) is 11.5 Å². The number of rotatable bonds is 17. The first-order valence-corrected chi connectivity index (χ1v) is 17.4. The van der Waals surface area contributed by atoms with Gasteiger partial charge in [0.2, 0.25) is 5.79 Å². The molecule has 1 heterocycles. The zero-order chi connectivity index (χ0) is 34.9. The summed E-state index contributed by atoms with van der Waals surface area (Å²) in [5, 5.41) is 24.2. The lowest BCUT2D eigenvalue weighted by Crippen LogP contribution is -2.69. The summed E-state index contributed by atoms with van der Waals surface area (Å²) >= 11 is 0. The Morgan fingerprint density at radius 2 is 1.81 bits per heavy atom. The van der Waals surface area contributed by atoms with E-state index in [1.54, 1.807) is 31.0 Å². The van der Waals surface area contributed by atoms with Gasteiger partial charge in [-0.05, 0) is 89.0 Å².